The lowest BCUT2D eigenvalue weighted by Crippen LogP contribution is -2.33. The molecule has 27 heavy (non-hydrogen) atoms. The molecule has 0 saturated heterocycles. The minimum Gasteiger partial charge on any atom is -0.259 e. The SMILES string of the molecule is Fc1ccc(C(Sc2ccc(Cl)cc2)(c2ccccn2)C2CCCC2)cc1. The number of aromatic nitrogens is 1. The van der Waals surface area contributed by atoms with Crippen LogP contribution in [0.3, 0.4) is 0 Å². The summed E-state index contributed by atoms with van der Waals surface area (Å²) in [6, 6.07) is 21.0. The normalized spacial score (nSPS) is 17.0. The van der Waals surface area contributed by atoms with E-state index in [1.165, 1.54) is 12.8 Å². The van der Waals surface area contributed by atoms with Gasteiger partial charge in [0, 0.05) is 16.1 Å². The van der Waals surface area contributed by atoms with Gasteiger partial charge in [-0.2, -0.15) is 0 Å². The summed E-state index contributed by atoms with van der Waals surface area (Å²) < 4.78 is 13.3. The van der Waals surface area contributed by atoms with Gasteiger partial charge in [0.1, 0.15) is 5.82 Å². The third-order valence-corrected chi connectivity index (χ3v) is 7.20. The zero-order valence-corrected chi connectivity index (χ0v) is 16.5. The fourth-order valence-electron chi connectivity index (χ4n) is 4.09. The number of thioether (sulfide) groups is 1. The van der Waals surface area contributed by atoms with Crippen LogP contribution in [0.25, 0.3) is 0 Å². The van der Waals surface area contributed by atoms with E-state index < -0.39 is 0 Å². The molecule has 138 valence electrons. The largest absolute Gasteiger partial charge is 0.259 e. The van der Waals surface area contributed by atoms with Crippen molar-refractivity contribution in [3.63, 3.8) is 0 Å². The molecule has 0 bridgehead atoms. The second-order valence-electron chi connectivity index (χ2n) is 6.99. The van der Waals surface area contributed by atoms with Crippen molar-refractivity contribution in [2.24, 2.45) is 5.92 Å². The standard InChI is InChI=1S/C23H21ClFNS/c24-19-10-14-21(15-11-19)27-23(17-5-1-2-6-17,22-7-3-4-16-26-22)18-8-12-20(25)13-9-18/h3-4,7-17H,1-2,5-6H2. The molecule has 1 aromatic heterocycles. The molecular formula is C23H21ClFNS. The van der Waals surface area contributed by atoms with Gasteiger partial charge < -0.3 is 0 Å². The molecular weight excluding hydrogens is 377 g/mol. The van der Waals surface area contributed by atoms with E-state index in [9.17, 15) is 4.39 Å². The van der Waals surface area contributed by atoms with Gasteiger partial charge in [0.25, 0.3) is 0 Å². The Bertz CT molecular complexity index is 877. The van der Waals surface area contributed by atoms with Crippen molar-refractivity contribution in [2.45, 2.75) is 35.3 Å². The molecule has 2 aromatic carbocycles. The quantitative estimate of drug-likeness (QED) is 0.426. The van der Waals surface area contributed by atoms with E-state index in [0.29, 0.717) is 5.92 Å². The lowest BCUT2D eigenvalue weighted by atomic mass is 9.81. The number of rotatable bonds is 5. The van der Waals surface area contributed by atoms with Crippen molar-refractivity contribution in [1.29, 1.82) is 0 Å². The molecule has 4 rings (SSSR count). The minimum absolute atomic E-state index is 0.211. The summed E-state index contributed by atoms with van der Waals surface area (Å²) in [5.74, 6) is 0.232. The van der Waals surface area contributed by atoms with E-state index in [-0.39, 0.29) is 10.6 Å². The van der Waals surface area contributed by atoms with E-state index in [2.05, 4.69) is 18.2 Å². The molecule has 1 aliphatic carbocycles. The van der Waals surface area contributed by atoms with Gasteiger partial charge >= 0.3 is 0 Å². The molecule has 0 amide bonds. The van der Waals surface area contributed by atoms with E-state index in [1.807, 2.05) is 54.4 Å². The predicted octanol–water partition coefficient (Wildman–Crippen LogP) is 7.10. The van der Waals surface area contributed by atoms with E-state index in [4.69, 9.17) is 16.6 Å². The maximum absolute atomic E-state index is 13.7. The van der Waals surface area contributed by atoms with Gasteiger partial charge in [0.15, 0.2) is 0 Å². The highest BCUT2D eigenvalue weighted by molar-refractivity contribution is 8.00. The summed E-state index contributed by atoms with van der Waals surface area (Å²) in [6.45, 7) is 0. The molecule has 3 aromatic rings. The number of hydrogen-bond donors (Lipinski definition) is 0. The molecule has 0 radical (unpaired) electrons. The highest BCUT2D eigenvalue weighted by Gasteiger charge is 2.45. The number of pyridine rings is 1. The lowest BCUT2D eigenvalue weighted by Gasteiger charge is -2.39. The van der Waals surface area contributed by atoms with Crippen LogP contribution >= 0.6 is 23.4 Å². The first-order valence-corrected chi connectivity index (χ1v) is 10.5. The monoisotopic (exact) mass is 397 g/mol. The Labute approximate surface area is 169 Å². The Morgan fingerprint density at radius 3 is 2.26 bits per heavy atom. The zero-order chi connectivity index (χ0) is 18.7. The second-order valence-corrected chi connectivity index (χ2v) is 8.75. The van der Waals surface area contributed by atoms with Crippen LogP contribution in [-0.4, -0.2) is 4.98 Å². The van der Waals surface area contributed by atoms with Gasteiger partial charge in [-0.15, -0.1) is 11.8 Å². The van der Waals surface area contributed by atoms with E-state index >= 15 is 0 Å². The molecule has 1 nitrogen and oxygen atoms in total. The van der Waals surface area contributed by atoms with Gasteiger partial charge in [-0.3, -0.25) is 4.98 Å². The van der Waals surface area contributed by atoms with Crippen LogP contribution in [0.15, 0.2) is 77.8 Å². The lowest BCUT2D eigenvalue weighted by molar-refractivity contribution is 0.436. The highest BCUT2D eigenvalue weighted by Crippen LogP contribution is 2.55. The number of benzene rings is 2. The third-order valence-electron chi connectivity index (χ3n) is 5.34. The summed E-state index contributed by atoms with van der Waals surface area (Å²) in [5, 5.41) is 0.727. The van der Waals surface area contributed by atoms with Crippen LogP contribution in [0, 0.1) is 11.7 Å². The Morgan fingerprint density at radius 1 is 0.926 bits per heavy atom. The molecule has 1 aliphatic rings. The predicted molar refractivity (Wildman–Crippen MR) is 111 cm³/mol. The van der Waals surface area contributed by atoms with Crippen molar-refractivity contribution in [1.82, 2.24) is 4.98 Å². The second kappa shape index (κ2) is 8.04. The van der Waals surface area contributed by atoms with Crippen LogP contribution in [0.4, 0.5) is 4.39 Å². The van der Waals surface area contributed by atoms with Crippen molar-refractivity contribution >= 4 is 23.4 Å². The van der Waals surface area contributed by atoms with Crippen molar-refractivity contribution in [3.8, 4) is 0 Å². The topological polar surface area (TPSA) is 12.9 Å². The summed E-state index contributed by atoms with van der Waals surface area (Å²) in [5.41, 5.74) is 2.14. The number of hydrogen-bond acceptors (Lipinski definition) is 2. The molecule has 1 atom stereocenters. The van der Waals surface area contributed by atoms with Crippen LogP contribution in [-0.2, 0) is 4.75 Å². The highest BCUT2D eigenvalue weighted by atomic mass is 35.5. The van der Waals surface area contributed by atoms with Gasteiger partial charge in [-0.05, 0) is 72.9 Å². The van der Waals surface area contributed by atoms with Crippen LogP contribution in [0.1, 0.15) is 36.9 Å². The van der Waals surface area contributed by atoms with Gasteiger partial charge in [-0.1, -0.05) is 42.6 Å². The summed E-state index contributed by atoms with van der Waals surface area (Å²) in [7, 11) is 0. The van der Waals surface area contributed by atoms with Crippen molar-refractivity contribution in [2.75, 3.05) is 0 Å². The number of nitrogens with zero attached hydrogens (tertiary/aromatic N) is 1. The molecule has 0 N–H and O–H groups in total. The Balaban J connectivity index is 1.90. The van der Waals surface area contributed by atoms with Crippen LogP contribution < -0.4 is 0 Å². The van der Waals surface area contributed by atoms with Gasteiger partial charge in [-0.25, -0.2) is 4.39 Å². The molecule has 0 spiro atoms. The molecule has 1 heterocycles. The number of halogens is 2. The Morgan fingerprint density at radius 2 is 1.63 bits per heavy atom. The van der Waals surface area contributed by atoms with Gasteiger partial charge in [0.2, 0.25) is 0 Å². The molecule has 4 heteroatoms. The molecule has 1 fully saturated rings. The minimum atomic E-state index is -0.348. The van der Waals surface area contributed by atoms with Gasteiger partial charge in [0.05, 0.1) is 10.4 Å². The van der Waals surface area contributed by atoms with E-state index in [0.717, 1.165) is 34.0 Å². The smallest absolute Gasteiger partial charge is 0.123 e. The first-order valence-electron chi connectivity index (χ1n) is 9.30. The van der Waals surface area contributed by atoms with E-state index in [1.54, 1.807) is 12.1 Å². The fraction of sp³-hybridized carbons (Fsp3) is 0.261. The summed E-state index contributed by atoms with van der Waals surface area (Å²) >= 11 is 7.91. The molecule has 1 unspecified atom stereocenters. The maximum Gasteiger partial charge on any atom is 0.123 e. The van der Waals surface area contributed by atoms with Crippen LogP contribution in [0.5, 0.6) is 0 Å². The first kappa shape index (κ1) is 18.5. The van der Waals surface area contributed by atoms with Crippen molar-refractivity contribution < 1.29 is 4.39 Å². The third kappa shape index (κ3) is 3.76. The molecule has 0 aliphatic heterocycles. The first-order chi connectivity index (χ1) is 13.2. The zero-order valence-electron chi connectivity index (χ0n) is 14.9. The Kier molecular flexibility index (Phi) is 5.51. The fourth-order valence-corrected chi connectivity index (χ4v) is 5.74. The Hall–Kier alpha value is -1.84. The average molecular weight is 398 g/mol. The van der Waals surface area contributed by atoms with Crippen LogP contribution in [0.2, 0.25) is 5.02 Å². The van der Waals surface area contributed by atoms with Crippen molar-refractivity contribution in [3.05, 3.63) is 95.0 Å². The maximum atomic E-state index is 13.7. The average Bonchev–Trinajstić information content (AvgIpc) is 3.24. The summed E-state index contributed by atoms with van der Waals surface area (Å²) in [6.07, 6.45) is 6.59. The molecule has 1 saturated carbocycles. The summed E-state index contributed by atoms with van der Waals surface area (Å²) in [4.78, 5) is 5.91.